The minimum absolute atomic E-state index is 0.0507. The lowest BCUT2D eigenvalue weighted by atomic mass is 9.40. The molecule has 8 unspecified atom stereocenters. The molecule has 0 aromatic heterocycles. The molecule has 12 heteroatoms. The molecule has 0 aliphatic heterocycles. The van der Waals surface area contributed by atoms with Crippen molar-refractivity contribution in [2.75, 3.05) is 6.54 Å². The van der Waals surface area contributed by atoms with Crippen molar-refractivity contribution in [3.05, 3.63) is 10.4 Å². The number of carbonyl (C=O) groups excluding carboxylic acids is 2. The summed E-state index contributed by atoms with van der Waals surface area (Å²) in [6.07, 6.45) is 14.5. The minimum atomic E-state index is -2.73. The number of alkyl halides is 4. The van der Waals surface area contributed by atoms with Crippen LogP contribution in [-0.4, -0.2) is 52.8 Å². The second kappa shape index (κ2) is 19.0. The lowest BCUT2D eigenvalue weighted by molar-refractivity contribution is -0.273. The van der Waals surface area contributed by atoms with Crippen molar-refractivity contribution < 1.29 is 37.4 Å². The van der Waals surface area contributed by atoms with Gasteiger partial charge in [0.1, 0.15) is 0 Å². The van der Waals surface area contributed by atoms with Gasteiger partial charge in [-0.1, -0.05) is 82.1 Å². The summed E-state index contributed by atoms with van der Waals surface area (Å²) in [6.45, 7) is 21.4. The van der Waals surface area contributed by atoms with Crippen LogP contribution in [0.3, 0.4) is 0 Å². The number of aliphatic hydroxyl groups excluding tert-OH is 2. The van der Waals surface area contributed by atoms with Gasteiger partial charge in [0, 0.05) is 35.0 Å². The zero-order valence-electron chi connectivity index (χ0n) is 42.1. The van der Waals surface area contributed by atoms with Crippen molar-refractivity contribution in [2.45, 2.75) is 202 Å². The Morgan fingerprint density at radius 1 is 0.667 bits per heavy atom. The topological polar surface area (TPSA) is 136 Å². The van der Waals surface area contributed by atoms with E-state index in [1.54, 1.807) is 19.9 Å². The van der Waals surface area contributed by atoms with E-state index in [9.17, 15) is 19.8 Å². The van der Waals surface area contributed by atoms with Crippen LogP contribution in [0.1, 0.15) is 178 Å². The first-order chi connectivity index (χ1) is 31.0. The van der Waals surface area contributed by atoms with Crippen molar-refractivity contribution in [1.29, 1.82) is 0 Å². The molecule has 8 rings (SSSR count). The monoisotopic (exact) mass is 931 g/mol. The zero-order valence-corrected chi connectivity index (χ0v) is 42.1. The molecule has 0 heterocycles. The molecule has 0 aromatic carbocycles. The highest BCUT2D eigenvalue weighted by Gasteiger charge is 2.72. The average Bonchev–Trinajstić information content (AvgIpc) is 3.81. The molecule has 1 amide bonds. The van der Waals surface area contributed by atoms with Gasteiger partial charge >= 0.3 is 0 Å². The molecule has 0 radical (unpaired) electrons. The van der Waals surface area contributed by atoms with Crippen LogP contribution in [0.4, 0.5) is 17.6 Å². The third-order valence-corrected chi connectivity index (χ3v) is 22.9. The predicted octanol–water partition coefficient (Wildman–Crippen LogP) is 13.9. The Balaban J connectivity index is 0.000000197. The van der Waals surface area contributed by atoms with E-state index >= 15 is 17.6 Å². The Hall–Kier alpha value is -2.00. The van der Waals surface area contributed by atoms with Gasteiger partial charge in [0.15, 0.2) is 0 Å². The standard InChI is InChI=1S/C27H43F2N3O2.C27H43F2NO2/c1-6-17-23(34)22-19-9-8-18(15(2)7-10-21(33)31-32-30)25(19,4)14-12-20(22)26(5)13-11-16(3)27(28,29)24(17)26;1-6-18-23(32)22-20-8-7-19(16(2)11-14-30-15-31)25(20,4)13-10-21(22)26(5)12-9-17(3)27(28,29)24(18)26/h15-20,22-24,34H,6-14H2,1-5H3;16-24,32H,6-14H2,1-5H3/t15-,16-,17+,18?,19?,20?,22?,23-,24+,25-,26-;16-,17-,18+,19?,20?,21?,22?,23-,24+,25-,26-/m11/s1. The van der Waals surface area contributed by atoms with E-state index in [0.717, 1.165) is 70.6 Å². The first-order valence-corrected chi connectivity index (χ1v) is 26.7. The highest BCUT2D eigenvalue weighted by Crippen LogP contribution is 2.74. The number of isocyanates is 1. The van der Waals surface area contributed by atoms with Crippen molar-refractivity contribution in [3.63, 3.8) is 0 Å². The van der Waals surface area contributed by atoms with Crippen LogP contribution in [0.25, 0.3) is 10.4 Å². The van der Waals surface area contributed by atoms with Gasteiger partial charge < -0.3 is 10.2 Å². The number of nitrogens with zero attached hydrogens (tertiary/aromatic N) is 4. The van der Waals surface area contributed by atoms with Crippen LogP contribution >= 0.6 is 0 Å². The maximum absolute atomic E-state index is 15.7. The number of carbonyl (C=O) groups is 1. The first-order valence-electron chi connectivity index (χ1n) is 26.7. The summed E-state index contributed by atoms with van der Waals surface area (Å²) in [6, 6.07) is 0. The maximum atomic E-state index is 15.7. The Labute approximate surface area is 394 Å². The molecular formula is C54H86F4N4O4. The Kier molecular flexibility index (Phi) is 14.9. The lowest BCUT2D eigenvalue weighted by Crippen LogP contribution is -2.66. The Morgan fingerprint density at radius 2 is 1.06 bits per heavy atom. The summed E-state index contributed by atoms with van der Waals surface area (Å²) < 4.78 is 62.7. The summed E-state index contributed by atoms with van der Waals surface area (Å²) in [7, 11) is 0. The molecule has 8 aliphatic carbocycles. The normalized spacial score (nSPS) is 49.3. The molecule has 8 saturated carbocycles. The highest BCUT2D eigenvalue weighted by atomic mass is 19.3. The molecular weight excluding hydrogens is 845 g/mol. The zero-order chi connectivity index (χ0) is 48.5. The lowest BCUT2D eigenvalue weighted by Gasteiger charge is -2.66. The summed E-state index contributed by atoms with van der Waals surface area (Å²) >= 11 is 0. The van der Waals surface area contributed by atoms with Gasteiger partial charge in [-0.2, -0.15) is 0 Å². The van der Waals surface area contributed by atoms with Gasteiger partial charge in [-0.25, -0.2) is 27.3 Å². The number of amides is 1. The van der Waals surface area contributed by atoms with Crippen LogP contribution in [0.2, 0.25) is 0 Å². The minimum Gasteiger partial charge on any atom is -0.393 e. The fraction of sp³-hybridized carbons (Fsp3) is 0.963. The van der Waals surface area contributed by atoms with Crippen molar-refractivity contribution in [2.24, 2.45) is 126 Å². The number of aliphatic hydroxyl groups is 2. The van der Waals surface area contributed by atoms with Crippen LogP contribution in [0.15, 0.2) is 10.1 Å². The number of hydrogen-bond donors (Lipinski definition) is 2. The third-order valence-electron chi connectivity index (χ3n) is 22.9. The van der Waals surface area contributed by atoms with Gasteiger partial charge in [0.2, 0.25) is 12.0 Å². The molecule has 66 heavy (non-hydrogen) atoms. The van der Waals surface area contributed by atoms with E-state index in [-0.39, 0.29) is 58.2 Å². The fourth-order valence-corrected chi connectivity index (χ4v) is 19.5. The van der Waals surface area contributed by atoms with Gasteiger partial charge in [0.25, 0.3) is 11.8 Å². The molecule has 8 nitrogen and oxygen atoms in total. The maximum Gasteiger partial charge on any atom is 0.254 e. The molecule has 8 aliphatic rings. The molecule has 2 N–H and O–H groups in total. The van der Waals surface area contributed by atoms with E-state index in [0.29, 0.717) is 74.2 Å². The van der Waals surface area contributed by atoms with E-state index < -0.39 is 59.0 Å². The second-order valence-corrected chi connectivity index (χ2v) is 25.2. The molecule has 8 fully saturated rings. The van der Waals surface area contributed by atoms with E-state index in [1.807, 2.05) is 13.8 Å². The second-order valence-electron chi connectivity index (χ2n) is 25.2. The predicted molar refractivity (Wildman–Crippen MR) is 250 cm³/mol. The molecule has 0 bridgehead atoms. The highest BCUT2D eigenvalue weighted by molar-refractivity contribution is 5.76. The Bertz CT molecular complexity index is 1860. The van der Waals surface area contributed by atoms with Crippen molar-refractivity contribution in [1.82, 2.24) is 0 Å². The molecule has 374 valence electrons. The van der Waals surface area contributed by atoms with Gasteiger partial charge in [-0.05, 0) is 193 Å². The summed E-state index contributed by atoms with van der Waals surface area (Å²) in [5.74, 6) is -6.14. The number of halogens is 4. The van der Waals surface area contributed by atoms with Crippen LogP contribution in [-0.2, 0) is 9.59 Å². The fourth-order valence-electron chi connectivity index (χ4n) is 19.5. The smallest absolute Gasteiger partial charge is 0.254 e. The SMILES string of the molecule is CC[C@@H]1[C@@H]2C(F)(F)[C@H](C)CC[C@]2(C)C2CC[C@@]3(C)C(CCC3[C@H](C)CCC(=O)N=[N+]=[N-])C2[C@@H]1O.CC[C@@H]1[C@@H]2C(F)(F)[C@H](C)CC[C@]2(C)C2CC[C@@]3(C)C(CCC3[C@H](C)CCN=C=O)C2[C@@H]1O. The summed E-state index contributed by atoms with van der Waals surface area (Å²) in [5, 5.41) is 26.7. The van der Waals surface area contributed by atoms with Crippen molar-refractivity contribution in [3.8, 4) is 0 Å². The Morgan fingerprint density at radius 3 is 1.45 bits per heavy atom. The van der Waals surface area contributed by atoms with Crippen LogP contribution in [0.5, 0.6) is 0 Å². The van der Waals surface area contributed by atoms with Gasteiger partial charge in [-0.3, -0.25) is 4.79 Å². The average molecular weight is 931 g/mol. The largest absolute Gasteiger partial charge is 0.393 e. The number of azide groups is 1. The molecule has 22 atom stereocenters. The van der Waals surface area contributed by atoms with Gasteiger partial charge in [-0.15, -0.1) is 0 Å². The quantitative estimate of drug-likeness (QED) is 0.0563. The molecule has 0 aromatic rings. The van der Waals surface area contributed by atoms with Crippen LogP contribution in [0, 0.1) is 116 Å². The summed E-state index contributed by atoms with van der Waals surface area (Å²) in [5.41, 5.74) is 7.88. The van der Waals surface area contributed by atoms with Crippen molar-refractivity contribution >= 4 is 12.0 Å². The number of rotatable bonds is 10. The van der Waals surface area contributed by atoms with Gasteiger partial charge in [0.05, 0.1) is 18.8 Å². The number of fused-ring (bicyclic) bond motifs is 10. The third kappa shape index (κ3) is 8.08. The summed E-state index contributed by atoms with van der Waals surface area (Å²) in [4.78, 5) is 28.6. The number of hydrogen-bond acceptors (Lipinski definition) is 5. The van der Waals surface area contributed by atoms with Crippen LogP contribution < -0.4 is 0 Å². The van der Waals surface area contributed by atoms with E-state index in [2.05, 4.69) is 56.6 Å². The molecule has 0 spiro atoms. The first kappa shape index (κ1) is 51.8. The number of aliphatic imine (C=N–C) groups is 1. The van der Waals surface area contributed by atoms with E-state index in [1.165, 1.54) is 0 Å². The molecule has 0 saturated heterocycles. The van der Waals surface area contributed by atoms with E-state index in [4.69, 9.17) is 5.53 Å².